The van der Waals surface area contributed by atoms with Crippen molar-refractivity contribution in [2.45, 2.75) is 17.2 Å². The standard InChI is InChI=1S/C23H20N4O3S/c28-21-13-25-23(30)27(21)14-16-3-1-5-18(11-16)22(29)26-19-6-8-20(9-7-19)31-15-17-4-2-10-24-12-17/h1-12H,13-15H2,(H,25,30)(H,26,29). The van der Waals surface area contributed by atoms with Crippen LogP contribution in [0.25, 0.3) is 0 Å². The lowest BCUT2D eigenvalue weighted by Gasteiger charge is -2.13. The molecule has 2 heterocycles. The van der Waals surface area contributed by atoms with E-state index in [9.17, 15) is 14.4 Å². The number of amides is 4. The number of nitrogens with one attached hydrogen (secondary N) is 2. The molecule has 2 aromatic carbocycles. The van der Waals surface area contributed by atoms with Crippen LogP contribution < -0.4 is 10.6 Å². The van der Waals surface area contributed by atoms with Crippen LogP contribution in [0.2, 0.25) is 0 Å². The van der Waals surface area contributed by atoms with Crippen LogP contribution in [-0.2, 0) is 17.1 Å². The average molecular weight is 433 g/mol. The zero-order valence-electron chi connectivity index (χ0n) is 16.6. The van der Waals surface area contributed by atoms with Gasteiger partial charge in [0.15, 0.2) is 0 Å². The maximum Gasteiger partial charge on any atom is 0.324 e. The predicted molar refractivity (Wildman–Crippen MR) is 119 cm³/mol. The van der Waals surface area contributed by atoms with Gasteiger partial charge in [-0.15, -0.1) is 11.8 Å². The summed E-state index contributed by atoms with van der Waals surface area (Å²) in [5.74, 6) is 0.292. The number of pyridine rings is 1. The Hall–Kier alpha value is -3.65. The van der Waals surface area contributed by atoms with Gasteiger partial charge >= 0.3 is 6.03 Å². The summed E-state index contributed by atoms with van der Waals surface area (Å²) in [6, 6.07) is 18.1. The van der Waals surface area contributed by atoms with E-state index in [2.05, 4.69) is 15.6 Å². The highest BCUT2D eigenvalue weighted by atomic mass is 32.2. The van der Waals surface area contributed by atoms with Crippen LogP contribution in [0.4, 0.5) is 10.5 Å². The second-order valence-corrected chi connectivity index (χ2v) is 8.02. The first-order valence-electron chi connectivity index (χ1n) is 9.69. The minimum Gasteiger partial charge on any atom is -0.329 e. The van der Waals surface area contributed by atoms with Crippen LogP contribution in [0.3, 0.4) is 0 Å². The van der Waals surface area contributed by atoms with Gasteiger partial charge in [-0.3, -0.25) is 19.5 Å². The number of carbonyl (C=O) groups excluding carboxylic acids is 3. The van der Waals surface area contributed by atoms with E-state index in [-0.39, 0.29) is 24.9 Å². The molecule has 0 spiro atoms. The third-order valence-electron chi connectivity index (χ3n) is 4.71. The van der Waals surface area contributed by atoms with E-state index >= 15 is 0 Å². The molecule has 0 saturated carbocycles. The second-order valence-electron chi connectivity index (χ2n) is 6.97. The first-order valence-corrected chi connectivity index (χ1v) is 10.7. The van der Waals surface area contributed by atoms with E-state index in [0.717, 1.165) is 21.1 Å². The zero-order chi connectivity index (χ0) is 21.6. The molecular weight excluding hydrogens is 412 g/mol. The van der Waals surface area contributed by atoms with Crippen molar-refractivity contribution in [3.63, 3.8) is 0 Å². The van der Waals surface area contributed by atoms with Gasteiger partial charge in [0.1, 0.15) is 0 Å². The Bertz CT molecular complexity index is 1090. The zero-order valence-corrected chi connectivity index (χ0v) is 17.4. The first-order chi connectivity index (χ1) is 15.1. The third kappa shape index (κ3) is 5.29. The molecule has 31 heavy (non-hydrogen) atoms. The van der Waals surface area contributed by atoms with Gasteiger partial charge in [-0.05, 0) is 53.6 Å². The summed E-state index contributed by atoms with van der Waals surface area (Å²) >= 11 is 1.70. The second kappa shape index (κ2) is 9.44. The summed E-state index contributed by atoms with van der Waals surface area (Å²) in [5.41, 5.74) is 3.01. The van der Waals surface area contributed by atoms with Crippen molar-refractivity contribution >= 4 is 35.3 Å². The number of nitrogens with zero attached hydrogens (tertiary/aromatic N) is 2. The molecule has 1 fully saturated rings. The molecule has 1 aliphatic heterocycles. The SMILES string of the molecule is O=C(Nc1ccc(SCc2cccnc2)cc1)c1cccc(CN2C(=O)CNC2=O)c1. The third-order valence-corrected chi connectivity index (χ3v) is 5.79. The molecule has 7 nitrogen and oxygen atoms in total. The Morgan fingerprint density at radius 1 is 1.06 bits per heavy atom. The number of anilines is 1. The Morgan fingerprint density at radius 3 is 2.58 bits per heavy atom. The smallest absolute Gasteiger partial charge is 0.324 e. The Kier molecular flexibility index (Phi) is 6.28. The molecule has 4 rings (SSSR count). The first kappa shape index (κ1) is 20.6. The number of carbonyl (C=O) groups is 3. The maximum atomic E-state index is 12.6. The summed E-state index contributed by atoms with van der Waals surface area (Å²) in [5, 5.41) is 5.37. The summed E-state index contributed by atoms with van der Waals surface area (Å²) in [4.78, 5) is 42.5. The summed E-state index contributed by atoms with van der Waals surface area (Å²) < 4.78 is 0. The molecule has 1 aliphatic rings. The molecule has 1 aromatic heterocycles. The number of hydrogen-bond donors (Lipinski definition) is 2. The van der Waals surface area contributed by atoms with Gasteiger partial charge < -0.3 is 10.6 Å². The van der Waals surface area contributed by atoms with Crippen molar-refractivity contribution in [3.05, 3.63) is 89.7 Å². The molecular formula is C23H20N4O3S. The van der Waals surface area contributed by atoms with Gasteiger partial charge in [0.25, 0.3) is 5.91 Å². The number of benzene rings is 2. The summed E-state index contributed by atoms with van der Waals surface area (Å²) in [6.07, 6.45) is 3.60. The topological polar surface area (TPSA) is 91.4 Å². The van der Waals surface area contributed by atoms with Crippen LogP contribution in [-0.4, -0.2) is 34.3 Å². The lowest BCUT2D eigenvalue weighted by atomic mass is 10.1. The minimum absolute atomic E-state index is 0.00945. The lowest BCUT2D eigenvalue weighted by Crippen LogP contribution is -2.30. The van der Waals surface area contributed by atoms with Crippen molar-refractivity contribution in [2.75, 3.05) is 11.9 Å². The minimum atomic E-state index is -0.415. The van der Waals surface area contributed by atoms with Crippen molar-refractivity contribution in [3.8, 4) is 0 Å². The number of rotatable bonds is 7. The molecule has 4 amide bonds. The molecule has 1 saturated heterocycles. The molecule has 8 heteroatoms. The summed E-state index contributed by atoms with van der Waals surface area (Å²) in [7, 11) is 0. The normalized spacial score (nSPS) is 13.2. The van der Waals surface area contributed by atoms with Crippen LogP contribution in [0.1, 0.15) is 21.5 Å². The number of aromatic nitrogens is 1. The molecule has 0 radical (unpaired) electrons. The van der Waals surface area contributed by atoms with Crippen molar-refractivity contribution < 1.29 is 14.4 Å². The fourth-order valence-electron chi connectivity index (χ4n) is 3.10. The average Bonchev–Trinajstić information content (AvgIpc) is 3.11. The largest absolute Gasteiger partial charge is 0.329 e. The van der Waals surface area contributed by atoms with Gasteiger partial charge in [-0.1, -0.05) is 18.2 Å². The fourth-order valence-corrected chi connectivity index (χ4v) is 3.93. The molecule has 0 bridgehead atoms. The van der Waals surface area contributed by atoms with E-state index in [1.165, 1.54) is 0 Å². The van der Waals surface area contributed by atoms with Crippen LogP contribution in [0.15, 0.2) is 78.0 Å². The van der Waals surface area contributed by atoms with E-state index in [1.54, 1.807) is 42.2 Å². The summed E-state index contributed by atoms with van der Waals surface area (Å²) in [6.45, 7) is 0.143. The van der Waals surface area contributed by atoms with E-state index in [4.69, 9.17) is 0 Å². The molecule has 0 aliphatic carbocycles. The molecule has 0 atom stereocenters. The van der Waals surface area contributed by atoms with E-state index in [1.807, 2.05) is 42.6 Å². The van der Waals surface area contributed by atoms with Gasteiger partial charge in [0.05, 0.1) is 13.1 Å². The van der Waals surface area contributed by atoms with Gasteiger partial charge in [-0.2, -0.15) is 0 Å². The molecule has 0 unspecified atom stereocenters. The van der Waals surface area contributed by atoms with Gasteiger partial charge in [-0.25, -0.2) is 4.79 Å². The van der Waals surface area contributed by atoms with Gasteiger partial charge in [0.2, 0.25) is 5.91 Å². The number of hydrogen-bond acceptors (Lipinski definition) is 5. The number of imide groups is 1. The number of urea groups is 1. The lowest BCUT2D eigenvalue weighted by molar-refractivity contribution is -0.125. The Labute approximate surface area is 183 Å². The number of thioether (sulfide) groups is 1. The van der Waals surface area contributed by atoms with Crippen LogP contribution in [0.5, 0.6) is 0 Å². The highest BCUT2D eigenvalue weighted by Gasteiger charge is 2.28. The van der Waals surface area contributed by atoms with Crippen LogP contribution in [0, 0.1) is 0 Å². The highest BCUT2D eigenvalue weighted by Crippen LogP contribution is 2.24. The predicted octanol–water partition coefficient (Wildman–Crippen LogP) is 3.68. The van der Waals surface area contributed by atoms with Crippen molar-refractivity contribution in [1.82, 2.24) is 15.2 Å². The molecule has 3 aromatic rings. The van der Waals surface area contributed by atoms with Crippen molar-refractivity contribution in [1.29, 1.82) is 0 Å². The fraction of sp³-hybridized carbons (Fsp3) is 0.130. The van der Waals surface area contributed by atoms with E-state index < -0.39 is 6.03 Å². The molecule has 156 valence electrons. The monoisotopic (exact) mass is 432 g/mol. The highest BCUT2D eigenvalue weighted by molar-refractivity contribution is 7.98. The molecule has 2 N–H and O–H groups in total. The Balaban J connectivity index is 1.35. The van der Waals surface area contributed by atoms with E-state index in [0.29, 0.717) is 16.8 Å². The maximum absolute atomic E-state index is 12.6. The quantitative estimate of drug-likeness (QED) is 0.439. The van der Waals surface area contributed by atoms with Crippen LogP contribution >= 0.6 is 11.8 Å². The van der Waals surface area contributed by atoms with Gasteiger partial charge in [0, 0.05) is 34.3 Å². The Morgan fingerprint density at radius 2 is 1.87 bits per heavy atom. The van der Waals surface area contributed by atoms with Crippen molar-refractivity contribution in [2.24, 2.45) is 0 Å².